The minimum atomic E-state index is -4.45. The molecule has 9 heteroatoms. The third-order valence-electron chi connectivity index (χ3n) is 3.87. The predicted octanol–water partition coefficient (Wildman–Crippen LogP) is 5.24. The molecule has 0 radical (unpaired) electrons. The number of aromatic nitrogens is 2. The fraction of sp³-hybridized carbons (Fsp3) is 0.111. The van der Waals surface area contributed by atoms with Crippen LogP contribution in [0.15, 0.2) is 48.7 Å². The normalized spacial score (nSPS) is 11.5. The summed E-state index contributed by atoms with van der Waals surface area (Å²) in [7, 11) is 0. The van der Waals surface area contributed by atoms with E-state index >= 15 is 0 Å². The Balaban J connectivity index is 1.82. The Morgan fingerprint density at radius 3 is 2.41 bits per heavy atom. The first-order valence-electron chi connectivity index (χ1n) is 7.65. The molecule has 0 unspecified atom stereocenters. The van der Waals surface area contributed by atoms with Gasteiger partial charge in [-0.3, -0.25) is 4.79 Å². The van der Waals surface area contributed by atoms with E-state index in [1.807, 2.05) is 0 Å². The largest absolute Gasteiger partial charge is 0.416 e. The molecular weight excluding hydrogens is 386 g/mol. The van der Waals surface area contributed by atoms with Gasteiger partial charge < -0.3 is 5.32 Å². The van der Waals surface area contributed by atoms with Crippen LogP contribution in [0.1, 0.15) is 21.6 Å². The van der Waals surface area contributed by atoms with Gasteiger partial charge in [-0.1, -0.05) is 11.6 Å². The zero-order chi connectivity index (χ0) is 19.8. The van der Waals surface area contributed by atoms with Crippen LogP contribution in [0.2, 0.25) is 5.02 Å². The molecule has 0 saturated heterocycles. The summed E-state index contributed by atoms with van der Waals surface area (Å²) < 4.78 is 52.5. The molecule has 3 rings (SSSR count). The Labute approximate surface area is 156 Å². The molecule has 1 aromatic heterocycles. The van der Waals surface area contributed by atoms with Crippen molar-refractivity contribution in [1.29, 1.82) is 0 Å². The van der Waals surface area contributed by atoms with Crippen molar-refractivity contribution in [3.63, 3.8) is 0 Å². The summed E-state index contributed by atoms with van der Waals surface area (Å²) in [6.45, 7) is 1.63. The first kappa shape index (κ1) is 18.9. The molecule has 1 amide bonds. The van der Waals surface area contributed by atoms with Crippen molar-refractivity contribution < 1.29 is 22.4 Å². The zero-order valence-corrected chi connectivity index (χ0v) is 14.6. The van der Waals surface area contributed by atoms with Gasteiger partial charge in [0.05, 0.1) is 33.7 Å². The van der Waals surface area contributed by atoms with Crippen molar-refractivity contribution in [2.24, 2.45) is 0 Å². The lowest BCUT2D eigenvalue weighted by Crippen LogP contribution is -2.13. The molecule has 27 heavy (non-hydrogen) atoms. The van der Waals surface area contributed by atoms with Crippen LogP contribution < -0.4 is 5.32 Å². The Morgan fingerprint density at radius 1 is 1.15 bits per heavy atom. The predicted molar refractivity (Wildman–Crippen MR) is 92.7 cm³/mol. The van der Waals surface area contributed by atoms with E-state index in [4.69, 9.17) is 11.6 Å². The summed E-state index contributed by atoms with van der Waals surface area (Å²) in [4.78, 5) is 12.4. The van der Waals surface area contributed by atoms with Gasteiger partial charge in [0.15, 0.2) is 0 Å². The van der Waals surface area contributed by atoms with Crippen LogP contribution >= 0.6 is 11.6 Å². The van der Waals surface area contributed by atoms with E-state index in [1.165, 1.54) is 41.2 Å². The molecule has 1 N–H and O–H groups in total. The number of carbonyl (C=O) groups excluding carboxylic acids is 1. The van der Waals surface area contributed by atoms with E-state index in [-0.39, 0.29) is 16.3 Å². The minimum Gasteiger partial charge on any atom is -0.322 e. The van der Waals surface area contributed by atoms with E-state index in [0.717, 1.165) is 12.1 Å². The Bertz CT molecular complexity index is 997. The second kappa shape index (κ2) is 7.03. The average Bonchev–Trinajstić information content (AvgIpc) is 2.98. The molecule has 0 saturated carbocycles. The Morgan fingerprint density at radius 2 is 1.81 bits per heavy atom. The molecule has 140 valence electrons. The van der Waals surface area contributed by atoms with Crippen LogP contribution in [-0.4, -0.2) is 15.7 Å². The highest BCUT2D eigenvalue weighted by Gasteiger charge is 2.30. The molecule has 4 nitrogen and oxygen atoms in total. The number of rotatable bonds is 3. The fourth-order valence-electron chi connectivity index (χ4n) is 2.45. The number of halogens is 5. The Hall–Kier alpha value is -2.87. The maximum atomic E-state index is 13.3. The van der Waals surface area contributed by atoms with Crippen LogP contribution in [-0.2, 0) is 6.18 Å². The molecule has 0 aliphatic carbocycles. The van der Waals surface area contributed by atoms with Crippen molar-refractivity contribution in [2.45, 2.75) is 13.1 Å². The SMILES string of the molecule is Cc1c(C(=O)Nc2ccc(C(F)(F)F)cc2)cnn1-c1ccc(F)c(Cl)c1. The number of alkyl halides is 3. The van der Waals surface area contributed by atoms with Crippen molar-refractivity contribution in [3.8, 4) is 5.69 Å². The third kappa shape index (κ3) is 3.95. The zero-order valence-electron chi connectivity index (χ0n) is 13.8. The second-order valence-electron chi connectivity index (χ2n) is 5.68. The number of nitrogens with zero attached hydrogens (tertiary/aromatic N) is 2. The van der Waals surface area contributed by atoms with Crippen LogP contribution in [0.25, 0.3) is 5.69 Å². The van der Waals surface area contributed by atoms with Gasteiger partial charge in [0.25, 0.3) is 5.91 Å². The van der Waals surface area contributed by atoms with Crippen LogP contribution in [0.4, 0.5) is 23.2 Å². The lowest BCUT2D eigenvalue weighted by atomic mass is 10.2. The molecular formula is C18H12ClF4N3O. The molecule has 0 atom stereocenters. The highest BCUT2D eigenvalue weighted by Crippen LogP contribution is 2.30. The molecule has 0 spiro atoms. The van der Waals surface area contributed by atoms with Gasteiger partial charge in [0, 0.05) is 5.69 Å². The van der Waals surface area contributed by atoms with Gasteiger partial charge in [0.1, 0.15) is 5.82 Å². The fourth-order valence-corrected chi connectivity index (χ4v) is 2.63. The lowest BCUT2D eigenvalue weighted by molar-refractivity contribution is -0.137. The molecule has 2 aromatic carbocycles. The summed E-state index contributed by atoms with van der Waals surface area (Å²) in [5, 5.41) is 6.52. The summed E-state index contributed by atoms with van der Waals surface area (Å²) >= 11 is 5.76. The molecule has 1 heterocycles. The van der Waals surface area contributed by atoms with E-state index in [0.29, 0.717) is 11.4 Å². The van der Waals surface area contributed by atoms with E-state index in [9.17, 15) is 22.4 Å². The van der Waals surface area contributed by atoms with Gasteiger partial charge in [-0.05, 0) is 49.4 Å². The van der Waals surface area contributed by atoms with Crippen LogP contribution in [0.3, 0.4) is 0 Å². The summed E-state index contributed by atoms with van der Waals surface area (Å²) in [6, 6.07) is 8.10. The standard InChI is InChI=1S/C18H12ClF4N3O/c1-10-14(9-24-26(10)13-6-7-16(20)15(19)8-13)17(27)25-12-4-2-11(3-5-12)18(21,22)23/h2-9H,1H3,(H,25,27). The highest BCUT2D eigenvalue weighted by atomic mass is 35.5. The van der Waals surface area contributed by atoms with Crippen molar-refractivity contribution in [3.05, 3.63) is 76.3 Å². The lowest BCUT2D eigenvalue weighted by Gasteiger charge is -2.09. The third-order valence-corrected chi connectivity index (χ3v) is 4.16. The summed E-state index contributed by atoms with van der Waals surface area (Å²) in [5.74, 6) is -1.11. The quantitative estimate of drug-likeness (QED) is 0.614. The summed E-state index contributed by atoms with van der Waals surface area (Å²) in [5.41, 5.74) is 0.549. The van der Waals surface area contributed by atoms with Crippen LogP contribution in [0, 0.1) is 12.7 Å². The number of hydrogen-bond donors (Lipinski definition) is 1. The number of anilines is 1. The van der Waals surface area contributed by atoms with Crippen LogP contribution in [0.5, 0.6) is 0 Å². The smallest absolute Gasteiger partial charge is 0.322 e. The minimum absolute atomic E-state index is 0.0850. The van der Waals surface area contributed by atoms with Gasteiger partial charge >= 0.3 is 6.18 Å². The average molecular weight is 398 g/mol. The van der Waals surface area contributed by atoms with E-state index in [2.05, 4.69) is 10.4 Å². The van der Waals surface area contributed by atoms with Crippen molar-refractivity contribution in [2.75, 3.05) is 5.32 Å². The first-order chi connectivity index (χ1) is 12.7. The molecule has 0 fully saturated rings. The molecule has 3 aromatic rings. The summed E-state index contributed by atoms with van der Waals surface area (Å²) in [6.07, 6.45) is -3.14. The molecule has 0 aliphatic rings. The maximum Gasteiger partial charge on any atom is 0.416 e. The van der Waals surface area contributed by atoms with Gasteiger partial charge in [0.2, 0.25) is 0 Å². The van der Waals surface area contributed by atoms with E-state index in [1.54, 1.807) is 6.92 Å². The number of amides is 1. The van der Waals surface area contributed by atoms with Crippen molar-refractivity contribution in [1.82, 2.24) is 9.78 Å². The monoisotopic (exact) mass is 397 g/mol. The van der Waals surface area contributed by atoms with E-state index < -0.39 is 23.5 Å². The number of nitrogens with one attached hydrogen (secondary N) is 1. The number of carbonyl (C=O) groups is 1. The second-order valence-corrected chi connectivity index (χ2v) is 6.09. The molecule has 0 aliphatic heterocycles. The van der Waals surface area contributed by atoms with Crippen molar-refractivity contribution >= 4 is 23.2 Å². The topological polar surface area (TPSA) is 46.9 Å². The van der Waals surface area contributed by atoms with Gasteiger partial charge in [-0.2, -0.15) is 18.3 Å². The molecule has 0 bridgehead atoms. The Kier molecular flexibility index (Phi) is 4.93. The van der Waals surface area contributed by atoms with Gasteiger partial charge in [-0.15, -0.1) is 0 Å². The van der Waals surface area contributed by atoms with Gasteiger partial charge in [-0.25, -0.2) is 9.07 Å². The first-order valence-corrected chi connectivity index (χ1v) is 8.03. The number of benzene rings is 2. The number of hydrogen-bond acceptors (Lipinski definition) is 2. The highest BCUT2D eigenvalue weighted by molar-refractivity contribution is 6.30. The maximum absolute atomic E-state index is 13.3.